The van der Waals surface area contributed by atoms with E-state index in [0.717, 1.165) is 12.1 Å². The topological polar surface area (TPSA) is 93.5 Å². The van der Waals surface area contributed by atoms with E-state index in [-0.39, 0.29) is 16.4 Å². The molecule has 0 aliphatic rings. The average Bonchev–Trinajstić information content (AvgIpc) is 2.56. The molecule has 0 atom stereocenters. The number of anilines is 1. The standard InChI is InChI=1S/C15H12FN3O4S/c1-23-13-5-3-2-4-10(13)14(20)18-15(24)17-9-6-7-11(16)12(8-9)19(21)22/h2-8H,1H3,(H2,17,18,20,24). The van der Waals surface area contributed by atoms with E-state index in [1.54, 1.807) is 24.3 Å². The van der Waals surface area contributed by atoms with Gasteiger partial charge in [0.1, 0.15) is 5.75 Å². The second kappa shape index (κ2) is 7.47. The van der Waals surface area contributed by atoms with E-state index in [1.165, 1.54) is 13.2 Å². The van der Waals surface area contributed by atoms with Crippen LogP contribution in [0.5, 0.6) is 5.75 Å². The third kappa shape index (κ3) is 4.02. The number of para-hydroxylation sites is 1. The van der Waals surface area contributed by atoms with E-state index < -0.39 is 22.3 Å². The number of carbonyl (C=O) groups excluding carboxylic acids is 1. The Balaban J connectivity index is 2.09. The Labute approximate surface area is 141 Å². The molecule has 0 unspecified atom stereocenters. The molecule has 24 heavy (non-hydrogen) atoms. The van der Waals surface area contributed by atoms with Gasteiger partial charge in [0.25, 0.3) is 5.91 Å². The van der Waals surface area contributed by atoms with Gasteiger partial charge in [-0.2, -0.15) is 4.39 Å². The zero-order valence-electron chi connectivity index (χ0n) is 12.4. The van der Waals surface area contributed by atoms with Crippen molar-refractivity contribution in [2.24, 2.45) is 0 Å². The second-order valence-corrected chi connectivity index (χ2v) is 4.94. The van der Waals surface area contributed by atoms with E-state index in [9.17, 15) is 19.3 Å². The molecule has 9 heteroatoms. The lowest BCUT2D eigenvalue weighted by Crippen LogP contribution is -2.34. The van der Waals surface area contributed by atoms with Gasteiger partial charge in [0.05, 0.1) is 17.6 Å². The maximum Gasteiger partial charge on any atom is 0.306 e. The molecular formula is C15H12FN3O4S. The van der Waals surface area contributed by atoms with Crippen LogP contribution in [0, 0.1) is 15.9 Å². The molecule has 0 radical (unpaired) electrons. The Morgan fingerprint density at radius 3 is 2.67 bits per heavy atom. The second-order valence-electron chi connectivity index (χ2n) is 4.53. The highest BCUT2D eigenvalue weighted by atomic mass is 32.1. The predicted octanol–water partition coefficient (Wildman–Crippen LogP) is 2.87. The van der Waals surface area contributed by atoms with E-state index in [0.29, 0.717) is 5.75 Å². The summed E-state index contributed by atoms with van der Waals surface area (Å²) in [4.78, 5) is 22.0. The zero-order valence-corrected chi connectivity index (χ0v) is 13.2. The van der Waals surface area contributed by atoms with E-state index in [2.05, 4.69) is 10.6 Å². The molecule has 0 saturated carbocycles. The maximum absolute atomic E-state index is 13.3. The number of nitro benzene ring substituents is 1. The smallest absolute Gasteiger partial charge is 0.306 e. The maximum atomic E-state index is 13.3. The van der Waals surface area contributed by atoms with Crippen molar-refractivity contribution in [3.63, 3.8) is 0 Å². The van der Waals surface area contributed by atoms with Gasteiger partial charge in [-0.05, 0) is 36.5 Å². The quantitative estimate of drug-likeness (QED) is 0.501. The number of benzene rings is 2. The number of thiocarbonyl (C=S) groups is 1. The molecule has 0 spiro atoms. The van der Waals surface area contributed by atoms with Crippen LogP contribution in [0.25, 0.3) is 0 Å². The van der Waals surface area contributed by atoms with Gasteiger partial charge in [0.15, 0.2) is 5.11 Å². The highest BCUT2D eigenvalue weighted by Gasteiger charge is 2.16. The monoisotopic (exact) mass is 349 g/mol. The average molecular weight is 349 g/mol. The Hall–Kier alpha value is -3.07. The van der Waals surface area contributed by atoms with E-state index in [4.69, 9.17) is 17.0 Å². The van der Waals surface area contributed by atoms with Crippen molar-refractivity contribution < 1.29 is 18.8 Å². The lowest BCUT2D eigenvalue weighted by molar-refractivity contribution is -0.387. The molecule has 0 saturated heterocycles. The van der Waals surface area contributed by atoms with Crippen LogP contribution in [0.15, 0.2) is 42.5 Å². The van der Waals surface area contributed by atoms with Crippen molar-refractivity contribution in [3.8, 4) is 5.75 Å². The van der Waals surface area contributed by atoms with Crippen molar-refractivity contribution >= 4 is 34.6 Å². The number of nitrogens with one attached hydrogen (secondary N) is 2. The Bertz CT molecular complexity index is 813. The molecule has 124 valence electrons. The van der Waals surface area contributed by atoms with Crippen molar-refractivity contribution in [2.75, 3.05) is 12.4 Å². The fourth-order valence-corrected chi connectivity index (χ4v) is 2.11. The van der Waals surface area contributed by atoms with Crippen LogP contribution >= 0.6 is 12.2 Å². The van der Waals surface area contributed by atoms with Gasteiger partial charge in [-0.3, -0.25) is 20.2 Å². The molecule has 0 heterocycles. The molecule has 7 nitrogen and oxygen atoms in total. The van der Waals surface area contributed by atoms with Crippen LogP contribution in [0.1, 0.15) is 10.4 Å². The first-order chi connectivity index (χ1) is 11.4. The molecular weight excluding hydrogens is 337 g/mol. The summed E-state index contributed by atoms with van der Waals surface area (Å²) in [6.07, 6.45) is 0. The number of methoxy groups -OCH3 is 1. The largest absolute Gasteiger partial charge is 0.496 e. The number of ether oxygens (including phenoxy) is 1. The molecule has 0 fully saturated rings. The molecule has 0 aliphatic carbocycles. The highest BCUT2D eigenvalue weighted by molar-refractivity contribution is 7.80. The van der Waals surface area contributed by atoms with Crippen molar-refractivity contribution in [1.82, 2.24) is 5.32 Å². The first kappa shape index (κ1) is 17.3. The first-order valence-corrected chi connectivity index (χ1v) is 7.02. The molecule has 2 aromatic carbocycles. The van der Waals surface area contributed by atoms with Gasteiger partial charge in [-0.15, -0.1) is 0 Å². The number of amides is 1. The minimum Gasteiger partial charge on any atom is -0.496 e. The van der Waals surface area contributed by atoms with Gasteiger partial charge in [-0.1, -0.05) is 12.1 Å². The number of carbonyl (C=O) groups is 1. The zero-order chi connectivity index (χ0) is 17.7. The number of rotatable bonds is 4. The molecule has 0 aromatic heterocycles. The first-order valence-electron chi connectivity index (χ1n) is 6.61. The minimum absolute atomic E-state index is 0.0909. The van der Waals surface area contributed by atoms with Gasteiger partial charge in [0.2, 0.25) is 5.82 Å². The minimum atomic E-state index is -0.963. The van der Waals surface area contributed by atoms with Crippen molar-refractivity contribution in [1.29, 1.82) is 0 Å². The van der Waals surface area contributed by atoms with Gasteiger partial charge in [-0.25, -0.2) is 0 Å². The summed E-state index contributed by atoms with van der Waals surface area (Å²) in [5.74, 6) is -1.11. The number of hydrogen-bond acceptors (Lipinski definition) is 5. The number of nitro groups is 1. The van der Waals surface area contributed by atoms with Crippen molar-refractivity contribution in [3.05, 3.63) is 64.0 Å². The summed E-state index contributed by atoms with van der Waals surface area (Å²) in [5, 5.41) is 15.6. The fourth-order valence-electron chi connectivity index (χ4n) is 1.90. The fraction of sp³-hybridized carbons (Fsp3) is 0.0667. The number of nitrogens with zero attached hydrogens (tertiary/aromatic N) is 1. The number of hydrogen-bond donors (Lipinski definition) is 2. The van der Waals surface area contributed by atoms with E-state index in [1.807, 2.05) is 0 Å². The molecule has 2 N–H and O–H groups in total. The molecule has 0 aliphatic heterocycles. The molecule has 2 rings (SSSR count). The Morgan fingerprint density at radius 1 is 1.29 bits per heavy atom. The van der Waals surface area contributed by atoms with Crippen LogP contribution in [-0.4, -0.2) is 23.1 Å². The van der Waals surface area contributed by atoms with Gasteiger partial charge < -0.3 is 10.1 Å². The normalized spacial score (nSPS) is 9.92. The van der Waals surface area contributed by atoms with Gasteiger partial charge in [0, 0.05) is 11.8 Å². The lowest BCUT2D eigenvalue weighted by atomic mass is 10.2. The van der Waals surface area contributed by atoms with Crippen LogP contribution in [-0.2, 0) is 0 Å². The lowest BCUT2D eigenvalue weighted by Gasteiger charge is -2.11. The Kier molecular flexibility index (Phi) is 5.38. The summed E-state index contributed by atoms with van der Waals surface area (Å²) in [6, 6.07) is 9.74. The summed E-state index contributed by atoms with van der Waals surface area (Å²) in [7, 11) is 1.43. The summed E-state index contributed by atoms with van der Waals surface area (Å²) in [5.41, 5.74) is -0.249. The molecule has 0 bridgehead atoms. The molecule has 2 aromatic rings. The van der Waals surface area contributed by atoms with Crippen LogP contribution in [0.3, 0.4) is 0 Å². The SMILES string of the molecule is COc1ccccc1C(=O)NC(=S)Nc1ccc(F)c([N+](=O)[O-])c1. The van der Waals surface area contributed by atoms with Crippen LogP contribution in [0.4, 0.5) is 15.8 Å². The number of halogens is 1. The molecule has 1 amide bonds. The predicted molar refractivity (Wildman–Crippen MR) is 89.7 cm³/mol. The summed E-state index contributed by atoms with van der Waals surface area (Å²) >= 11 is 4.99. The highest BCUT2D eigenvalue weighted by Crippen LogP contribution is 2.21. The van der Waals surface area contributed by atoms with Crippen LogP contribution < -0.4 is 15.4 Å². The Morgan fingerprint density at radius 2 is 2.00 bits per heavy atom. The van der Waals surface area contributed by atoms with Crippen molar-refractivity contribution in [2.45, 2.75) is 0 Å². The third-order valence-corrected chi connectivity index (χ3v) is 3.18. The summed E-state index contributed by atoms with van der Waals surface area (Å²) < 4.78 is 18.4. The van der Waals surface area contributed by atoms with E-state index >= 15 is 0 Å². The van der Waals surface area contributed by atoms with Gasteiger partial charge >= 0.3 is 5.69 Å². The summed E-state index contributed by atoms with van der Waals surface area (Å²) in [6.45, 7) is 0. The van der Waals surface area contributed by atoms with Crippen LogP contribution in [0.2, 0.25) is 0 Å². The third-order valence-electron chi connectivity index (χ3n) is 2.98.